The number of pyridine rings is 1. The fourth-order valence-electron chi connectivity index (χ4n) is 2.44. The Morgan fingerprint density at radius 2 is 1.90 bits per heavy atom. The van der Waals surface area contributed by atoms with Gasteiger partial charge in [-0.05, 0) is 46.2 Å². The maximum atomic E-state index is 10.4. The fraction of sp³-hybridized carbons (Fsp3) is 0.167. The average molecular weight is 279 g/mol. The Balaban J connectivity index is 1.86. The van der Waals surface area contributed by atoms with Gasteiger partial charge in [-0.25, -0.2) is 0 Å². The van der Waals surface area contributed by atoms with Gasteiger partial charge in [-0.15, -0.1) is 0 Å². The molecular weight excluding hydrogens is 262 g/mol. The largest absolute Gasteiger partial charge is 0.497 e. The summed E-state index contributed by atoms with van der Waals surface area (Å²) in [6, 6.07) is 15.8. The second kappa shape index (κ2) is 5.94. The van der Waals surface area contributed by atoms with Gasteiger partial charge in [-0.3, -0.25) is 4.98 Å². The van der Waals surface area contributed by atoms with E-state index >= 15 is 0 Å². The Hall–Kier alpha value is -2.39. The number of fused-ring (bicyclic) bond motifs is 1. The molecule has 3 aromatic rings. The molecule has 1 heterocycles. The molecule has 0 radical (unpaired) electrons. The SMILES string of the molecule is COc1ccc2cc(C(O)Cc3cccnc3)ccc2c1. The van der Waals surface area contributed by atoms with Crippen LogP contribution in [0.2, 0.25) is 0 Å². The Bertz CT molecular complexity index is 741. The minimum atomic E-state index is -0.527. The topological polar surface area (TPSA) is 42.4 Å². The van der Waals surface area contributed by atoms with Crippen molar-refractivity contribution in [1.82, 2.24) is 4.98 Å². The van der Waals surface area contributed by atoms with Gasteiger partial charge in [0.15, 0.2) is 0 Å². The van der Waals surface area contributed by atoms with Crippen LogP contribution < -0.4 is 4.74 Å². The lowest BCUT2D eigenvalue weighted by molar-refractivity contribution is 0.178. The summed E-state index contributed by atoms with van der Waals surface area (Å²) in [6.45, 7) is 0. The molecule has 1 atom stereocenters. The first-order valence-electron chi connectivity index (χ1n) is 6.91. The van der Waals surface area contributed by atoms with E-state index in [1.807, 2.05) is 48.5 Å². The number of ether oxygens (including phenoxy) is 1. The second-order valence-corrected chi connectivity index (χ2v) is 5.05. The number of aromatic nitrogens is 1. The fourth-order valence-corrected chi connectivity index (χ4v) is 2.44. The first kappa shape index (κ1) is 13.6. The minimum Gasteiger partial charge on any atom is -0.497 e. The number of aliphatic hydroxyl groups is 1. The molecule has 1 aromatic heterocycles. The van der Waals surface area contributed by atoms with Crippen LogP contribution in [0, 0.1) is 0 Å². The molecule has 1 unspecified atom stereocenters. The molecule has 0 saturated heterocycles. The Morgan fingerprint density at radius 3 is 2.67 bits per heavy atom. The van der Waals surface area contributed by atoms with E-state index in [1.165, 1.54) is 0 Å². The van der Waals surface area contributed by atoms with Crippen LogP contribution in [0.4, 0.5) is 0 Å². The molecule has 0 fully saturated rings. The summed E-state index contributed by atoms with van der Waals surface area (Å²) in [5.41, 5.74) is 1.94. The summed E-state index contributed by atoms with van der Waals surface area (Å²) in [5.74, 6) is 0.839. The number of benzene rings is 2. The first-order valence-corrected chi connectivity index (χ1v) is 6.91. The van der Waals surface area contributed by atoms with Crippen molar-refractivity contribution < 1.29 is 9.84 Å². The summed E-state index contributed by atoms with van der Waals surface area (Å²) < 4.78 is 5.22. The van der Waals surface area contributed by atoms with Crippen molar-refractivity contribution in [3.8, 4) is 5.75 Å². The van der Waals surface area contributed by atoms with Crippen LogP contribution in [-0.2, 0) is 6.42 Å². The number of nitrogens with zero attached hydrogens (tertiary/aromatic N) is 1. The van der Waals surface area contributed by atoms with Crippen molar-refractivity contribution in [2.24, 2.45) is 0 Å². The maximum Gasteiger partial charge on any atom is 0.119 e. The molecule has 3 nitrogen and oxygen atoms in total. The third-order valence-corrected chi connectivity index (χ3v) is 3.61. The van der Waals surface area contributed by atoms with Crippen molar-refractivity contribution in [1.29, 1.82) is 0 Å². The third kappa shape index (κ3) is 3.03. The van der Waals surface area contributed by atoms with Gasteiger partial charge < -0.3 is 9.84 Å². The van der Waals surface area contributed by atoms with Crippen LogP contribution in [0.3, 0.4) is 0 Å². The summed E-state index contributed by atoms with van der Waals surface area (Å²) in [5, 5.41) is 12.6. The van der Waals surface area contributed by atoms with E-state index < -0.39 is 6.10 Å². The first-order chi connectivity index (χ1) is 10.3. The predicted octanol–water partition coefficient (Wildman–Crippen LogP) is 3.52. The van der Waals surface area contributed by atoms with Gasteiger partial charge in [0.2, 0.25) is 0 Å². The van der Waals surface area contributed by atoms with Crippen molar-refractivity contribution in [3.63, 3.8) is 0 Å². The van der Waals surface area contributed by atoms with Crippen LogP contribution in [-0.4, -0.2) is 17.2 Å². The van der Waals surface area contributed by atoms with Crippen molar-refractivity contribution in [3.05, 3.63) is 72.1 Å². The molecule has 3 rings (SSSR count). The van der Waals surface area contributed by atoms with Gasteiger partial charge in [-0.2, -0.15) is 0 Å². The molecule has 0 saturated carbocycles. The summed E-state index contributed by atoms with van der Waals surface area (Å²) in [6.07, 6.45) is 3.56. The maximum absolute atomic E-state index is 10.4. The number of rotatable bonds is 4. The molecule has 0 aliphatic carbocycles. The Morgan fingerprint density at radius 1 is 1.10 bits per heavy atom. The van der Waals surface area contributed by atoms with Crippen LogP contribution in [0.25, 0.3) is 10.8 Å². The lowest BCUT2D eigenvalue weighted by atomic mass is 9.99. The molecule has 1 N–H and O–H groups in total. The molecule has 106 valence electrons. The summed E-state index contributed by atoms with van der Waals surface area (Å²) >= 11 is 0. The summed E-state index contributed by atoms with van der Waals surface area (Å²) in [7, 11) is 1.66. The normalized spacial score (nSPS) is 12.3. The van der Waals surface area contributed by atoms with Gasteiger partial charge >= 0.3 is 0 Å². The molecule has 21 heavy (non-hydrogen) atoms. The number of hydrogen-bond donors (Lipinski definition) is 1. The van der Waals surface area contributed by atoms with Crippen LogP contribution in [0.5, 0.6) is 5.75 Å². The zero-order valence-corrected chi connectivity index (χ0v) is 11.9. The van der Waals surface area contributed by atoms with Crippen LogP contribution in [0.1, 0.15) is 17.2 Å². The number of hydrogen-bond acceptors (Lipinski definition) is 3. The van der Waals surface area contributed by atoms with E-state index in [0.29, 0.717) is 6.42 Å². The zero-order valence-electron chi connectivity index (χ0n) is 11.9. The molecular formula is C18H17NO2. The van der Waals surface area contributed by atoms with Gasteiger partial charge in [0.05, 0.1) is 13.2 Å². The molecule has 0 aliphatic heterocycles. The Kier molecular flexibility index (Phi) is 3.84. The van der Waals surface area contributed by atoms with Gasteiger partial charge in [0.25, 0.3) is 0 Å². The second-order valence-electron chi connectivity index (χ2n) is 5.05. The van der Waals surface area contributed by atoms with Crippen molar-refractivity contribution in [2.45, 2.75) is 12.5 Å². The average Bonchev–Trinajstić information content (AvgIpc) is 2.54. The van der Waals surface area contributed by atoms with Crippen molar-refractivity contribution in [2.75, 3.05) is 7.11 Å². The van der Waals surface area contributed by atoms with Crippen LogP contribution >= 0.6 is 0 Å². The summed E-state index contributed by atoms with van der Waals surface area (Å²) in [4.78, 5) is 4.08. The molecule has 2 aromatic carbocycles. The van der Waals surface area contributed by atoms with Gasteiger partial charge in [-0.1, -0.05) is 24.3 Å². The monoisotopic (exact) mass is 279 g/mol. The van der Waals surface area contributed by atoms with Crippen molar-refractivity contribution >= 4 is 10.8 Å². The predicted molar refractivity (Wildman–Crippen MR) is 83.4 cm³/mol. The van der Waals surface area contributed by atoms with E-state index in [1.54, 1.807) is 19.5 Å². The van der Waals surface area contributed by atoms with E-state index in [4.69, 9.17) is 4.74 Å². The quantitative estimate of drug-likeness (QED) is 0.794. The highest BCUT2D eigenvalue weighted by molar-refractivity contribution is 5.84. The van der Waals surface area contributed by atoms with E-state index in [9.17, 15) is 5.11 Å². The minimum absolute atomic E-state index is 0.527. The molecule has 0 bridgehead atoms. The van der Waals surface area contributed by atoms with Gasteiger partial charge in [0.1, 0.15) is 5.75 Å². The molecule has 0 aliphatic rings. The lowest BCUT2D eigenvalue weighted by Crippen LogP contribution is -2.02. The zero-order chi connectivity index (χ0) is 14.7. The number of aliphatic hydroxyl groups excluding tert-OH is 1. The smallest absolute Gasteiger partial charge is 0.119 e. The Labute approximate surface area is 123 Å². The standard InChI is InChI=1S/C18H17NO2/c1-21-17-7-6-14-10-16(5-4-15(14)11-17)18(20)9-13-3-2-8-19-12-13/h2-8,10-12,18,20H,9H2,1H3. The molecule has 0 spiro atoms. The third-order valence-electron chi connectivity index (χ3n) is 3.61. The number of methoxy groups -OCH3 is 1. The van der Waals surface area contributed by atoms with Crippen LogP contribution in [0.15, 0.2) is 60.9 Å². The highest BCUT2D eigenvalue weighted by Crippen LogP contribution is 2.25. The molecule has 0 amide bonds. The highest BCUT2D eigenvalue weighted by atomic mass is 16.5. The van der Waals surface area contributed by atoms with E-state index in [2.05, 4.69) is 4.98 Å². The van der Waals surface area contributed by atoms with E-state index in [0.717, 1.165) is 27.6 Å². The lowest BCUT2D eigenvalue weighted by Gasteiger charge is -2.12. The van der Waals surface area contributed by atoms with Gasteiger partial charge in [0, 0.05) is 18.8 Å². The highest BCUT2D eigenvalue weighted by Gasteiger charge is 2.09. The molecule has 3 heteroatoms. The van der Waals surface area contributed by atoms with E-state index in [-0.39, 0.29) is 0 Å².